The second-order valence-corrected chi connectivity index (χ2v) is 8.82. The van der Waals surface area contributed by atoms with Crippen LogP contribution in [-0.4, -0.2) is 42.4 Å². The Morgan fingerprint density at radius 2 is 2.36 bits per heavy atom. The van der Waals surface area contributed by atoms with Gasteiger partial charge >= 0.3 is 0 Å². The monoisotopic (exact) mass is 467 g/mol. The van der Waals surface area contributed by atoms with Crippen molar-refractivity contribution >= 4 is 50.3 Å². The van der Waals surface area contributed by atoms with E-state index in [1.165, 1.54) is 23.9 Å². The average molecular weight is 468 g/mol. The van der Waals surface area contributed by atoms with Crippen molar-refractivity contribution in [1.29, 1.82) is 0 Å². The molecule has 1 amide bonds. The van der Waals surface area contributed by atoms with Gasteiger partial charge < -0.3 is 21.1 Å². The molecule has 4 N–H and O–H groups in total. The predicted molar refractivity (Wildman–Crippen MR) is 112 cm³/mol. The summed E-state index contributed by atoms with van der Waals surface area (Å²) < 4.78 is 21.3. The van der Waals surface area contributed by atoms with Crippen LogP contribution in [0.1, 0.15) is 12.0 Å². The van der Waals surface area contributed by atoms with Crippen molar-refractivity contribution in [2.75, 3.05) is 30.8 Å². The van der Waals surface area contributed by atoms with Crippen molar-refractivity contribution in [2.24, 2.45) is 21.6 Å². The number of thioether (sulfide) groups is 1. The lowest BCUT2D eigenvalue weighted by Crippen LogP contribution is -2.47. The van der Waals surface area contributed by atoms with Crippen LogP contribution in [0.2, 0.25) is 0 Å². The number of hydrogen-bond acceptors (Lipinski definition) is 7. The number of amidine groups is 2. The number of nitrogens with one attached hydrogen (secondary N) is 2. The molecule has 1 saturated heterocycles. The van der Waals surface area contributed by atoms with E-state index in [0.717, 1.165) is 4.48 Å². The highest BCUT2D eigenvalue weighted by Gasteiger charge is 2.47. The van der Waals surface area contributed by atoms with Crippen LogP contribution >= 0.6 is 27.7 Å². The summed E-state index contributed by atoms with van der Waals surface area (Å²) in [6.07, 6.45) is 2.21. The van der Waals surface area contributed by atoms with Crippen LogP contribution in [0.15, 0.2) is 38.9 Å². The molecule has 0 unspecified atom stereocenters. The fourth-order valence-corrected chi connectivity index (χ4v) is 4.82. The maximum absolute atomic E-state index is 14.9. The van der Waals surface area contributed by atoms with Crippen LogP contribution in [0.3, 0.4) is 0 Å². The Kier molecular flexibility index (Phi) is 5.44. The van der Waals surface area contributed by atoms with E-state index in [-0.39, 0.29) is 17.6 Å². The molecule has 1 aromatic rings. The summed E-state index contributed by atoms with van der Waals surface area (Å²) in [6, 6.07) is 4.53. The van der Waals surface area contributed by atoms with Gasteiger partial charge in [0.25, 0.3) is 5.91 Å². The third-order valence-corrected chi connectivity index (χ3v) is 6.46. The molecule has 1 aromatic carbocycles. The molecule has 4 rings (SSSR count). The Balaban J connectivity index is 1.64. The van der Waals surface area contributed by atoms with Gasteiger partial charge in [0, 0.05) is 46.6 Å². The molecule has 1 fully saturated rings. The molecule has 0 spiro atoms. The van der Waals surface area contributed by atoms with Crippen molar-refractivity contribution < 1.29 is 13.9 Å². The lowest BCUT2D eigenvalue weighted by molar-refractivity contribution is -0.110. The first-order chi connectivity index (χ1) is 13.5. The van der Waals surface area contributed by atoms with Gasteiger partial charge in [-0.05, 0) is 18.2 Å². The Morgan fingerprint density at radius 1 is 1.50 bits per heavy atom. The zero-order valence-corrected chi connectivity index (χ0v) is 17.3. The summed E-state index contributed by atoms with van der Waals surface area (Å²) in [7, 11) is 0. The zero-order valence-electron chi connectivity index (χ0n) is 14.9. The fraction of sp³-hybridized carbons (Fsp3) is 0.389. The van der Waals surface area contributed by atoms with Gasteiger partial charge in [0.15, 0.2) is 11.0 Å². The first-order valence-electron chi connectivity index (χ1n) is 8.81. The van der Waals surface area contributed by atoms with Crippen LogP contribution in [0.5, 0.6) is 0 Å². The van der Waals surface area contributed by atoms with Crippen LogP contribution in [0, 0.1) is 11.7 Å². The van der Waals surface area contributed by atoms with Crippen LogP contribution < -0.4 is 16.4 Å². The number of nitrogens with two attached hydrogens (primary N) is 1. The van der Waals surface area contributed by atoms with Crippen molar-refractivity contribution in [3.8, 4) is 0 Å². The molecule has 2 atom stereocenters. The summed E-state index contributed by atoms with van der Waals surface area (Å²) >= 11 is 4.77. The van der Waals surface area contributed by atoms with E-state index in [2.05, 4.69) is 36.5 Å². The number of aliphatic imine (C=N–C) groups is 2. The number of rotatable bonds is 3. The van der Waals surface area contributed by atoms with E-state index in [4.69, 9.17) is 10.5 Å². The minimum absolute atomic E-state index is 0.0193. The van der Waals surface area contributed by atoms with Crippen molar-refractivity contribution in [3.63, 3.8) is 0 Å². The maximum atomic E-state index is 14.9. The minimum atomic E-state index is -0.771. The van der Waals surface area contributed by atoms with E-state index >= 15 is 0 Å². The molecule has 3 aliphatic rings. The number of fused-ring (bicyclic) bond motifs is 1. The Morgan fingerprint density at radius 3 is 3.14 bits per heavy atom. The lowest BCUT2D eigenvalue weighted by Gasteiger charge is -2.44. The summed E-state index contributed by atoms with van der Waals surface area (Å²) in [6.45, 7) is 1.37. The van der Waals surface area contributed by atoms with Gasteiger partial charge in [-0.25, -0.2) is 4.39 Å². The van der Waals surface area contributed by atoms with E-state index in [1.807, 2.05) is 0 Å². The minimum Gasteiger partial charge on any atom is -0.381 e. The van der Waals surface area contributed by atoms with E-state index < -0.39 is 11.4 Å². The zero-order chi connectivity index (χ0) is 19.7. The average Bonchev–Trinajstić information content (AvgIpc) is 2.69. The number of benzene rings is 1. The van der Waals surface area contributed by atoms with Crippen LogP contribution in [0.4, 0.5) is 10.1 Å². The second-order valence-electron chi connectivity index (χ2n) is 6.76. The summed E-state index contributed by atoms with van der Waals surface area (Å²) in [5.41, 5.74) is 6.13. The molecule has 148 valence electrons. The first kappa shape index (κ1) is 19.4. The number of amides is 1. The van der Waals surface area contributed by atoms with Gasteiger partial charge in [-0.3, -0.25) is 14.8 Å². The molecule has 28 heavy (non-hydrogen) atoms. The quantitative estimate of drug-likeness (QED) is 0.632. The Bertz CT molecular complexity index is 906. The molecule has 10 heteroatoms. The molecule has 0 saturated carbocycles. The summed E-state index contributed by atoms with van der Waals surface area (Å²) in [5, 5.41) is 6.05. The first-order valence-corrected chi connectivity index (χ1v) is 10.6. The van der Waals surface area contributed by atoms with Gasteiger partial charge in [0.1, 0.15) is 5.82 Å². The lowest BCUT2D eigenvalue weighted by atomic mass is 9.75. The number of ether oxygens (including phenoxy) is 1. The number of carbonyl (C=O) groups is 1. The van der Waals surface area contributed by atoms with Gasteiger partial charge in [0.05, 0.1) is 18.7 Å². The Hall–Kier alpha value is -1.91. The van der Waals surface area contributed by atoms with Gasteiger partial charge in [0.2, 0.25) is 0 Å². The molecule has 0 aliphatic carbocycles. The number of halogens is 2. The van der Waals surface area contributed by atoms with Crippen molar-refractivity contribution in [1.82, 2.24) is 5.32 Å². The largest absolute Gasteiger partial charge is 0.381 e. The van der Waals surface area contributed by atoms with E-state index in [0.29, 0.717) is 48.4 Å². The van der Waals surface area contributed by atoms with E-state index in [1.54, 1.807) is 12.3 Å². The molecular formula is C18H19BrFN5O2S. The fourth-order valence-electron chi connectivity index (χ4n) is 3.61. The number of hydrogen-bond donors (Lipinski definition) is 3. The highest BCUT2D eigenvalue weighted by molar-refractivity contribution is 9.11. The predicted octanol–water partition coefficient (Wildman–Crippen LogP) is 2.30. The highest BCUT2D eigenvalue weighted by Crippen LogP contribution is 2.46. The molecule has 3 heterocycles. The normalized spacial score (nSPS) is 26.9. The Labute approximate surface area is 174 Å². The second kappa shape index (κ2) is 7.84. The van der Waals surface area contributed by atoms with Gasteiger partial charge in [-0.1, -0.05) is 27.7 Å². The summed E-state index contributed by atoms with van der Waals surface area (Å²) in [5.74, 6) is 0.177. The number of anilines is 1. The van der Waals surface area contributed by atoms with Crippen molar-refractivity contribution in [3.05, 3.63) is 40.3 Å². The SMILES string of the molecule is NC1=N[C@@]2(c3cc(NC(=O)C4=NCC(Br)=CN4)ccc3F)CCOC[C@H]2CS1. The molecule has 0 radical (unpaired) electrons. The maximum Gasteiger partial charge on any atom is 0.291 e. The standard InChI is InChI=1S/C18H19BrFN5O2S/c19-11-6-22-15(23-7-11)16(26)24-12-1-2-14(20)13(5-12)18-3-4-27-8-10(18)9-28-17(21)25-18/h1-2,5-6,10H,3-4,7-9H2,(H2,21,25)(H,22,23)(H,24,26)/t10-,18-/m0/s1. The number of carbonyl (C=O) groups excluding carboxylic acids is 1. The molecule has 0 aromatic heterocycles. The topological polar surface area (TPSA) is 101 Å². The molecule has 0 bridgehead atoms. The molecule has 3 aliphatic heterocycles. The summed E-state index contributed by atoms with van der Waals surface area (Å²) in [4.78, 5) is 21.3. The van der Waals surface area contributed by atoms with Crippen LogP contribution in [-0.2, 0) is 15.1 Å². The molecule has 7 nitrogen and oxygen atoms in total. The van der Waals surface area contributed by atoms with E-state index in [9.17, 15) is 9.18 Å². The van der Waals surface area contributed by atoms with Gasteiger partial charge in [-0.15, -0.1) is 0 Å². The third-order valence-electron chi connectivity index (χ3n) is 5.02. The van der Waals surface area contributed by atoms with Gasteiger partial charge in [-0.2, -0.15) is 0 Å². The highest BCUT2D eigenvalue weighted by atomic mass is 79.9. The van der Waals surface area contributed by atoms with Crippen molar-refractivity contribution in [2.45, 2.75) is 12.0 Å². The molecular weight excluding hydrogens is 449 g/mol. The number of nitrogens with zero attached hydrogens (tertiary/aromatic N) is 2. The third kappa shape index (κ3) is 3.68. The van der Waals surface area contributed by atoms with Crippen LogP contribution in [0.25, 0.3) is 0 Å². The smallest absolute Gasteiger partial charge is 0.291 e.